The summed E-state index contributed by atoms with van der Waals surface area (Å²) in [4.78, 5) is 36.8. The lowest BCUT2D eigenvalue weighted by Gasteiger charge is -2.29. The van der Waals surface area contributed by atoms with Crippen LogP contribution in [-0.4, -0.2) is 35.2 Å². The standard InChI is InChI=1S/C29H54O6/c1-4-7-10-13-14-16-18-22-27(31)35-29(28(32)33,23-19-12-9-6-3)24-20-25-34-26(30)21-17-15-11-8-5-2/h4-25H2,1-3H3,(H,32,33). The second-order valence-electron chi connectivity index (χ2n) is 9.94. The minimum atomic E-state index is -1.53. The molecule has 0 fully saturated rings. The van der Waals surface area contributed by atoms with Crippen molar-refractivity contribution in [3.05, 3.63) is 0 Å². The molecule has 35 heavy (non-hydrogen) atoms. The number of unbranched alkanes of at least 4 members (excludes halogenated alkanes) is 13. The Morgan fingerprint density at radius 1 is 0.571 bits per heavy atom. The monoisotopic (exact) mass is 498 g/mol. The molecule has 0 saturated carbocycles. The highest BCUT2D eigenvalue weighted by molar-refractivity contribution is 5.82. The maximum absolute atomic E-state index is 12.6. The molecule has 0 aromatic rings. The summed E-state index contributed by atoms with van der Waals surface area (Å²) in [6.45, 7) is 6.60. The zero-order chi connectivity index (χ0) is 26.2. The van der Waals surface area contributed by atoms with Crippen LogP contribution >= 0.6 is 0 Å². The van der Waals surface area contributed by atoms with E-state index >= 15 is 0 Å². The molecule has 0 saturated heterocycles. The van der Waals surface area contributed by atoms with Crippen LogP contribution < -0.4 is 0 Å². The Balaban J connectivity index is 4.62. The molecule has 0 rings (SSSR count). The van der Waals surface area contributed by atoms with Crippen molar-refractivity contribution in [3.63, 3.8) is 0 Å². The van der Waals surface area contributed by atoms with Gasteiger partial charge in [0.1, 0.15) is 0 Å². The molecule has 206 valence electrons. The summed E-state index contributed by atoms with van der Waals surface area (Å²) < 4.78 is 11.0. The van der Waals surface area contributed by atoms with Crippen LogP contribution in [0.5, 0.6) is 0 Å². The number of ether oxygens (including phenoxy) is 2. The molecule has 0 amide bonds. The predicted molar refractivity (Wildman–Crippen MR) is 141 cm³/mol. The Morgan fingerprint density at radius 3 is 1.51 bits per heavy atom. The van der Waals surface area contributed by atoms with Crippen LogP contribution in [0.3, 0.4) is 0 Å². The summed E-state index contributed by atoms with van der Waals surface area (Å²) in [6, 6.07) is 0. The first-order chi connectivity index (χ1) is 16.9. The molecule has 0 aliphatic carbocycles. The lowest BCUT2D eigenvalue weighted by molar-refractivity contribution is -0.181. The van der Waals surface area contributed by atoms with Gasteiger partial charge in [0.05, 0.1) is 6.61 Å². The first-order valence-corrected chi connectivity index (χ1v) is 14.5. The van der Waals surface area contributed by atoms with Gasteiger partial charge in [0.15, 0.2) is 0 Å². The summed E-state index contributed by atoms with van der Waals surface area (Å²) in [5.41, 5.74) is -1.53. The van der Waals surface area contributed by atoms with Gasteiger partial charge in [-0.25, -0.2) is 4.79 Å². The van der Waals surface area contributed by atoms with Gasteiger partial charge in [-0.3, -0.25) is 9.59 Å². The number of aliphatic carboxylic acids is 1. The average Bonchev–Trinajstić information content (AvgIpc) is 2.83. The number of hydrogen-bond donors (Lipinski definition) is 1. The van der Waals surface area contributed by atoms with Gasteiger partial charge in [-0.2, -0.15) is 0 Å². The summed E-state index contributed by atoms with van der Waals surface area (Å²) in [6.07, 6.45) is 18.1. The number of carbonyl (C=O) groups excluding carboxylic acids is 2. The van der Waals surface area contributed by atoms with Crippen molar-refractivity contribution in [1.82, 2.24) is 0 Å². The molecule has 1 unspecified atom stereocenters. The Bertz CT molecular complexity index is 547. The van der Waals surface area contributed by atoms with Gasteiger partial charge < -0.3 is 14.6 Å². The Kier molecular flexibility index (Phi) is 21.8. The third kappa shape index (κ3) is 18.4. The van der Waals surface area contributed by atoms with Crippen LogP contribution in [0.15, 0.2) is 0 Å². The minimum Gasteiger partial charge on any atom is -0.478 e. The first kappa shape index (κ1) is 33.4. The third-order valence-corrected chi connectivity index (χ3v) is 6.59. The van der Waals surface area contributed by atoms with Gasteiger partial charge in [-0.1, -0.05) is 104 Å². The minimum absolute atomic E-state index is 0.160. The summed E-state index contributed by atoms with van der Waals surface area (Å²) in [5.74, 6) is -1.76. The van der Waals surface area contributed by atoms with E-state index in [4.69, 9.17) is 9.47 Å². The van der Waals surface area contributed by atoms with Gasteiger partial charge in [-0.15, -0.1) is 0 Å². The Labute approximate surface area is 214 Å². The highest BCUT2D eigenvalue weighted by Crippen LogP contribution is 2.28. The van der Waals surface area contributed by atoms with Gasteiger partial charge in [0.25, 0.3) is 0 Å². The van der Waals surface area contributed by atoms with Crippen molar-refractivity contribution in [1.29, 1.82) is 0 Å². The van der Waals surface area contributed by atoms with E-state index in [1.54, 1.807) is 0 Å². The van der Waals surface area contributed by atoms with E-state index in [0.717, 1.165) is 64.2 Å². The maximum Gasteiger partial charge on any atom is 0.348 e. The van der Waals surface area contributed by atoms with Crippen LogP contribution in [0.2, 0.25) is 0 Å². The van der Waals surface area contributed by atoms with E-state index in [1.807, 2.05) is 0 Å². The molecule has 0 bridgehead atoms. The van der Waals surface area contributed by atoms with Gasteiger partial charge in [0.2, 0.25) is 5.60 Å². The van der Waals surface area contributed by atoms with Gasteiger partial charge in [0, 0.05) is 19.3 Å². The number of hydrogen-bond acceptors (Lipinski definition) is 5. The lowest BCUT2D eigenvalue weighted by Crippen LogP contribution is -2.43. The fraction of sp³-hybridized carbons (Fsp3) is 0.897. The van der Waals surface area contributed by atoms with E-state index in [1.165, 1.54) is 32.1 Å². The number of carbonyl (C=O) groups is 3. The molecule has 6 heteroatoms. The van der Waals surface area contributed by atoms with Crippen molar-refractivity contribution in [3.8, 4) is 0 Å². The molecule has 1 atom stereocenters. The Hall–Kier alpha value is -1.59. The number of carboxylic acids is 1. The highest BCUT2D eigenvalue weighted by Gasteiger charge is 2.41. The molecule has 0 aliphatic rings. The fourth-order valence-electron chi connectivity index (χ4n) is 4.31. The second kappa shape index (κ2) is 22.8. The predicted octanol–water partition coefficient (Wildman–Crippen LogP) is 8.15. The number of esters is 2. The fourth-order valence-corrected chi connectivity index (χ4v) is 4.31. The molecule has 0 aliphatic heterocycles. The molecule has 0 aromatic heterocycles. The molecular formula is C29H54O6. The smallest absolute Gasteiger partial charge is 0.348 e. The zero-order valence-corrected chi connectivity index (χ0v) is 23.0. The van der Waals surface area contributed by atoms with Crippen LogP contribution in [0.4, 0.5) is 0 Å². The summed E-state index contributed by atoms with van der Waals surface area (Å²) in [7, 11) is 0. The molecule has 6 nitrogen and oxygen atoms in total. The Morgan fingerprint density at radius 2 is 1.00 bits per heavy atom. The second-order valence-corrected chi connectivity index (χ2v) is 9.94. The summed E-state index contributed by atoms with van der Waals surface area (Å²) in [5, 5.41) is 10.0. The van der Waals surface area contributed by atoms with Gasteiger partial charge >= 0.3 is 17.9 Å². The van der Waals surface area contributed by atoms with E-state index in [0.29, 0.717) is 25.7 Å². The molecule has 1 N–H and O–H groups in total. The van der Waals surface area contributed by atoms with Crippen molar-refractivity contribution in [2.75, 3.05) is 6.61 Å². The summed E-state index contributed by atoms with van der Waals surface area (Å²) >= 11 is 0. The van der Waals surface area contributed by atoms with Crippen LogP contribution in [0.25, 0.3) is 0 Å². The van der Waals surface area contributed by atoms with E-state index in [9.17, 15) is 19.5 Å². The van der Waals surface area contributed by atoms with Crippen molar-refractivity contribution in [2.24, 2.45) is 0 Å². The lowest BCUT2D eigenvalue weighted by atomic mass is 9.90. The maximum atomic E-state index is 12.6. The number of rotatable bonds is 25. The quantitative estimate of drug-likeness (QED) is 0.101. The first-order valence-electron chi connectivity index (χ1n) is 14.5. The van der Waals surface area contributed by atoms with Crippen LogP contribution in [-0.2, 0) is 23.9 Å². The number of carboxylic acid groups (broad SMARTS) is 1. The third-order valence-electron chi connectivity index (χ3n) is 6.59. The van der Waals surface area contributed by atoms with Gasteiger partial charge in [-0.05, 0) is 32.1 Å². The molecule has 0 radical (unpaired) electrons. The zero-order valence-electron chi connectivity index (χ0n) is 23.0. The molecule has 0 spiro atoms. The van der Waals surface area contributed by atoms with E-state index in [2.05, 4.69) is 20.8 Å². The normalized spacial score (nSPS) is 12.8. The molecule has 0 heterocycles. The van der Waals surface area contributed by atoms with Crippen molar-refractivity contribution in [2.45, 2.75) is 161 Å². The average molecular weight is 499 g/mol. The SMILES string of the molecule is CCCCCCCCCC(=O)OC(CCCCCC)(CCCOC(=O)CCCCCCC)C(=O)O. The molecular weight excluding hydrogens is 444 g/mol. The van der Waals surface area contributed by atoms with Crippen LogP contribution in [0.1, 0.15) is 156 Å². The van der Waals surface area contributed by atoms with E-state index < -0.39 is 17.5 Å². The largest absolute Gasteiger partial charge is 0.478 e. The van der Waals surface area contributed by atoms with Crippen LogP contribution in [0, 0.1) is 0 Å². The van der Waals surface area contributed by atoms with Crippen molar-refractivity contribution >= 4 is 17.9 Å². The highest BCUT2D eigenvalue weighted by atomic mass is 16.6. The topological polar surface area (TPSA) is 89.9 Å². The molecule has 0 aromatic carbocycles. The van der Waals surface area contributed by atoms with E-state index in [-0.39, 0.29) is 25.4 Å². The van der Waals surface area contributed by atoms with Crippen molar-refractivity contribution < 1.29 is 29.0 Å².